The number of rotatable bonds is 13. The van der Waals surface area contributed by atoms with Gasteiger partial charge >= 0.3 is 5.97 Å². The number of ketones is 1. The molecular weight excluding hydrogens is 607 g/mol. The van der Waals surface area contributed by atoms with Crippen molar-refractivity contribution >= 4 is 52.2 Å². The van der Waals surface area contributed by atoms with Gasteiger partial charge in [0, 0.05) is 23.2 Å². The van der Waals surface area contributed by atoms with Crippen LogP contribution in [0.1, 0.15) is 46.9 Å². The Kier molecular flexibility index (Phi) is 10.6. The lowest BCUT2D eigenvalue weighted by Crippen LogP contribution is -2.54. The molecule has 3 N–H and O–H groups in total. The van der Waals surface area contributed by atoms with Crippen molar-refractivity contribution in [3.8, 4) is 0 Å². The summed E-state index contributed by atoms with van der Waals surface area (Å²) < 4.78 is 19.6. The van der Waals surface area contributed by atoms with E-state index in [9.17, 15) is 33.5 Å². The Balaban J connectivity index is 1.57. The van der Waals surface area contributed by atoms with Gasteiger partial charge in [0.15, 0.2) is 11.4 Å². The second kappa shape index (κ2) is 14.6. The molecule has 0 radical (unpaired) electrons. The highest BCUT2D eigenvalue weighted by Gasteiger charge is 2.33. The van der Waals surface area contributed by atoms with Gasteiger partial charge in [-0.25, -0.2) is 9.37 Å². The maximum absolute atomic E-state index is 14.3. The maximum atomic E-state index is 14.3. The van der Waals surface area contributed by atoms with E-state index in [0.29, 0.717) is 11.1 Å². The third kappa shape index (κ3) is 8.51. The van der Waals surface area contributed by atoms with Crippen LogP contribution in [0.4, 0.5) is 4.39 Å². The molecule has 4 rings (SSSR count). The first kappa shape index (κ1) is 32.8. The number of fused-ring (bicyclic) bond motifs is 1. The second-order valence-electron chi connectivity index (χ2n) is 10.6. The number of oxazole rings is 1. The van der Waals surface area contributed by atoms with Crippen molar-refractivity contribution in [3.63, 3.8) is 0 Å². The molecule has 0 unspecified atom stereocenters. The van der Waals surface area contributed by atoms with Gasteiger partial charge < -0.3 is 25.1 Å². The standard InChI is InChI=1S/C32H30ClFN4O7/c1-18(2)27(36-30(43)20-11-7-4-8-12-20)32(44)38(16-19-9-5-3-6-10-19)17-25(39)35-23(15-26(40)41)29(42)31-37-28-22(34)13-21(33)14-24(28)45-31/h3-14,18,23,27H,15-17H2,1-2H3,(H,35,39)(H,36,43)(H,40,41)/t23-,27-/m0/s1. The second-order valence-corrected chi connectivity index (χ2v) is 11.0. The van der Waals surface area contributed by atoms with Gasteiger partial charge in [0.25, 0.3) is 11.8 Å². The molecule has 3 amide bonds. The fourth-order valence-corrected chi connectivity index (χ4v) is 4.74. The summed E-state index contributed by atoms with van der Waals surface area (Å²) in [7, 11) is 0. The Morgan fingerprint density at radius 2 is 1.62 bits per heavy atom. The van der Waals surface area contributed by atoms with Crippen molar-refractivity contribution < 1.29 is 37.9 Å². The van der Waals surface area contributed by atoms with E-state index < -0.39 is 66.2 Å². The minimum absolute atomic E-state index is 0.00614. The van der Waals surface area contributed by atoms with Crippen LogP contribution in [0.2, 0.25) is 5.02 Å². The fraction of sp³-hybridized carbons (Fsp3) is 0.250. The first-order chi connectivity index (χ1) is 21.4. The summed E-state index contributed by atoms with van der Waals surface area (Å²) in [5, 5.41) is 14.5. The van der Waals surface area contributed by atoms with Crippen molar-refractivity contribution in [2.75, 3.05) is 6.54 Å². The minimum Gasteiger partial charge on any atom is -0.481 e. The predicted octanol–water partition coefficient (Wildman–Crippen LogP) is 4.25. The molecule has 0 saturated heterocycles. The van der Waals surface area contributed by atoms with Crippen LogP contribution in [0.3, 0.4) is 0 Å². The van der Waals surface area contributed by atoms with Gasteiger partial charge in [-0.05, 0) is 29.7 Å². The summed E-state index contributed by atoms with van der Waals surface area (Å²) in [6.45, 7) is 2.87. The average molecular weight is 637 g/mol. The summed E-state index contributed by atoms with van der Waals surface area (Å²) in [4.78, 5) is 70.0. The van der Waals surface area contributed by atoms with E-state index in [1.807, 2.05) is 0 Å². The van der Waals surface area contributed by atoms with Gasteiger partial charge in [-0.15, -0.1) is 0 Å². The van der Waals surface area contributed by atoms with Crippen molar-refractivity contribution in [2.24, 2.45) is 5.92 Å². The number of carboxylic acids is 1. The first-order valence-electron chi connectivity index (χ1n) is 13.9. The van der Waals surface area contributed by atoms with Crippen LogP contribution >= 0.6 is 11.6 Å². The summed E-state index contributed by atoms with van der Waals surface area (Å²) in [6, 6.07) is 16.7. The molecule has 0 saturated carbocycles. The lowest BCUT2D eigenvalue weighted by Gasteiger charge is -2.30. The Morgan fingerprint density at radius 1 is 0.978 bits per heavy atom. The highest BCUT2D eigenvalue weighted by molar-refractivity contribution is 6.31. The lowest BCUT2D eigenvalue weighted by atomic mass is 10.0. The van der Waals surface area contributed by atoms with E-state index >= 15 is 0 Å². The van der Waals surface area contributed by atoms with Crippen molar-refractivity contribution in [2.45, 2.75) is 38.9 Å². The van der Waals surface area contributed by atoms with E-state index in [2.05, 4.69) is 15.6 Å². The summed E-state index contributed by atoms with van der Waals surface area (Å²) in [5.74, 6) is -6.20. The molecule has 1 heterocycles. The molecule has 0 aliphatic heterocycles. The van der Waals surface area contributed by atoms with Crippen molar-refractivity contribution in [3.05, 3.63) is 101 Å². The zero-order chi connectivity index (χ0) is 32.7. The van der Waals surface area contributed by atoms with E-state index in [4.69, 9.17) is 16.0 Å². The van der Waals surface area contributed by atoms with Crippen LogP contribution in [-0.4, -0.2) is 63.1 Å². The molecule has 0 fully saturated rings. The Hall–Kier alpha value is -5.10. The van der Waals surface area contributed by atoms with Crippen LogP contribution in [-0.2, 0) is 20.9 Å². The van der Waals surface area contributed by atoms with Crippen molar-refractivity contribution in [1.82, 2.24) is 20.5 Å². The Bertz CT molecular complexity index is 1710. The number of Topliss-reactive ketones (excluding diaryl/α,β-unsaturated/α-hetero) is 1. The molecule has 45 heavy (non-hydrogen) atoms. The zero-order valence-corrected chi connectivity index (χ0v) is 25.1. The highest BCUT2D eigenvalue weighted by atomic mass is 35.5. The van der Waals surface area contributed by atoms with E-state index in [1.54, 1.807) is 74.5 Å². The van der Waals surface area contributed by atoms with Crippen LogP contribution in [0.25, 0.3) is 11.1 Å². The molecule has 2 atom stereocenters. The van der Waals surface area contributed by atoms with Gasteiger partial charge in [-0.2, -0.15) is 0 Å². The van der Waals surface area contributed by atoms with Gasteiger partial charge in [-0.1, -0.05) is 74.0 Å². The number of halogens is 2. The number of amides is 3. The average Bonchev–Trinajstić information content (AvgIpc) is 3.43. The largest absolute Gasteiger partial charge is 0.481 e. The number of carbonyl (C=O) groups is 5. The number of carboxylic acid groups (broad SMARTS) is 1. The molecule has 11 nitrogen and oxygen atoms in total. The zero-order valence-electron chi connectivity index (χ0n) is 24.3. The highest BCUT2D eigenvalue weighted by Crippen LogP contribution is 2.24. The number of aromatic nitrogens is 1. The third-order valence-electron chi connectivity index (χ3n) is 6.77. The number of aliphatic carboxylic acids is 1. The van der Waals surface area contributed by atoms with Gasteiger partial charge in [0.1, 0.15) is 17.6 Å². The predicted molar refractivity (Wildman–Crippen MR) is 162 cm³/mol. The van der Waals surface area contributed by atoms with Crippen LogP contribution in [0.15, 0.2) is 77.2 Å². The normalized spacial score (nSPS) is 12.4. The lowest BCUT2D eigenvalue weighted by molar-refractivity contribution is -0.140. The molecule has 13 heteroatoms. The SMILES string of the molecule is CC(C)[C@H](NC(=O)c1ccccc1)C(=O)N(CC(=O)N[C@@H](CC(=O)O)C(=O)c1nc2c(F)cc(Cl)cc2o1)Cc1ccccc1. The number of benzene rings is 3. The molecule has 3 aromatic carbocycles. The first-order valence-corrected chi connectivity index (χ1v) is 14.3. The summed E-state index contributed by atoms with van der Waals surface area (Å²) in [5.41, 5.74) is 0.598. The third-order valence-corrected chi connectivity index (χ3v) is 6.99. The van der Waals surface area contributed by atoms with Crippen molar-refractivity contribution in [1.29, 1.82) is 0 Å². The van der Waals surface area contributed by atoms with Crippen LogP contribution in [0, 0.1) is 11.7 Å². The smallest absolute Gasteiger partial charge is 0.305 e. The van der Waals surface area contributed by atoms with E-state index in [1.165, 1.54) is 11.0 Å². The molecular formula is C32H30ClFN4O7. The Morgan fingerprint density at radius 3 is 2.24 bits per heavy atom. The van der Waals surface area contributed by atoms with Crippen LogP contribution < -0.4 is 10.6 Å². The number of hydrogen-bond acceptors (Lipinski definition) is 7. The number of nitrogens with zero attached hydrogens (tertiary/aromatic N) is 2. The molecule has 234 valence electrons. The minimum atomic E-state index is -1.66. The number of carbonyl (C=O) groups excluding carboxylic acids is 4. The van der Waals surface area contributed by atoms with Gasteiger partial charge in [0.2, 0.25) is 17.6 Å². The topological polar surface area (TPSA) is 159 Å². The summed E-state index contributed by atoms with van der Waals surface area (Å²) in [6.07, 6.45) is -0.846. The molecule has 0 aliphatic carbocycles. The summed E-state index contributed by atoms with van der Waals surface area (Å²) >= 11 is 5.84. The molecule has 1 aromatic heterocycles. The molecule has 0 aliphatic rings. The van der Waals surface area contributed by atoms with E-state index in [0.717, 1.165) is 6.07 Å². The molecule has 0 spiro atoms. The van der Waals surface area contributed by atoms with Gasteiger partial charge in [0.05, 0.1) is 13.0 Å². The quantitative estimate of drug-likeness (QED) is 0.184. The monoisotopic (exact) mass is 636 g/mol. The van der Waals surface area contributed by atoms with Crippen LogP contribution in [0.5, 0.6) is 0 Å². The maximum Gasteiger partial charge on any atom is 0.305 e. The molecule has 0 bridgehead atoms. The fourth-order valence-electron chi connectivity index (χ4n) is 4.55. The number of hydrogen-bond donors (Lipinski definition) is 3. The van der Waals surface area contributed by atoms with E-state index in [-0.39, 0.29) is 28.6 Å². The molecule has 4 aromatic rings. The number of nitrogens with one attached hydrogen (secondary N) is 2. The van der Waals surface area contributed by atoms with Gasteiger partial charge in [-0.3, -0.25) is 24.0 Å². The Labute approximate surface area is 262 Å².